The third-order valence-electron chi connectivity index (χ3n) is 9.71. The van der Waals surface area contributed by atoms with Gasteiger partial charge in [0.25, 0.3) is 0 Å². The number of amides is 1. The zero-order valence-electron chi connectivity index (χ0n) is 24.9. The van der Waals surface area contributed by atoms with Crippen LogP contribution in [0.4, 0.5) is 28.8 Å². The summed E-state index contributed by atoms with van der Waals surface area (Å²) >= 11 is 7.56. The molecule has 2 N–H and O–H groups in total. The number of carbonyl (C=O) groups is 1. The molecule has 3 saturated heterocycles. The zero-order chi connectivity index (χ0) is 32.6. The predicted octanol–water partition coefficient (Wildman–Crippen LogP) is 6.73. The van der Waals surface area contributed by atoms with Gasteiger partial charge in [-0.15, -0.1) is 11.3 Å². The molecule has 47 heavy (non-hydrogen) atoms. The first kappa shape index (κ1) is 30.4. The first-order chi connectivity index (χ1) is 22.7. The Morgan fingerprint density at radius 3 is 2.96 bits per heavy atom. The lowest BCUT2D eigenvalue weighted by Gasteiger charge is -2.31. The van der Waals surface area contributed by atoms with Gasteiger partial charge < -0.3 is 19.5 Å². The van der Waals surface area contributed by atoms with Crippen LogP contribution in [-0.4, -0.2) is 82.8 Å². The summed E-state index contributed by atoms with van der Waals surface area (Å²) < 4.78 is 58.6. The van der Waals surface area contributed by atoms with E-state index in [2.05, 4.69) is 20.1 Å². The topological polar surface area (TPSA) is 124 Å². The van der Waals surface area contributed by atoms with Gasteiger partial charge in [-0.1, -0.05) is 17.7 Å². The fraction of sp³-hybridized carbons (Fsp3) is 0.438. The number of nitrogens with zero attached hydrogens (tertiary/aromatic N) is 5. The minimum atomic E-state index is -1.43. The van der Waals surface area contributed by atoms with E-state index in [9.17, 15) is 19.6 Å². The molecule has 2 aromatic carbocycles. The average Bonchev–Trinajstić information content (AvgIpc) is 3.47. The van der Waals surface area contributed by atoms with Gasteiger partial charge in [-0.3, -0.25) is 10.2 Å². The van der Waals surface area contributed by atoms with Crippen molar-refractivity contribution >= 4 is 60.8 Å². The molecular weight excluding hydrogens is 657 g/mol. The lowest BCUT2D eigenvalue weighted by molar-refractivity contribution is 0.107. The number of rotatable bonds is 6. The van der Waals surface area contributed by atoms with Crippen molar-refractivity contribution in [2.45, 2.75) is 56.0 Å². The van der Waals surface area contributed by atoms with E-state index in [1.807, 2.05) is 6.07 Å². The molecule has 3 aliphatic heterocycles. The van der Waals surface area contributed by atoms with E-state index in [1.165, 1.54) is 6.07 Å². The summed E-state index contributed by atoms with van der Waals surface area (Å²) in [7, 11) is 0. The van der Waals surface area contributed by atoms with Gasteiger partial charge in [0.15, 0.2) is 5.82 Å². The summed E-state index contributed by atoms with van der Waals surface area (Å²) in [6, 6.07) is 5.91. The van der Waals surface area contributed by atoms with Crippen molar-refractivity contribution in [1.29, 1.82) is 5.26 Å². The lowest BCUT2D eigenvalue weighted by Crippen LogP contribution is -2.43. The number of hydrogen-bond acceptors (Lipinski definition) is 9. The molecule has 0 bridgehead atoms. The number of halogens is 4. The molecule has 1 saturated carbocycles. The quantitative estimate of drug-likeness (QED) is 0.228. The average molecular weight is 685 g/mol. The van der Waals surface area contributed by atoms with Crippen molar-refractivity contribution in [3.63, 3.8) is 0 Å². The first-order valence-electron chi connectivity index (χ1n) is 15.4. The second kappa shape index (κ2) is 11.4. The Bertz CT molecular complexity index is 2010. The molecule has 8 rings (SSSR count). The SMILES string of the molecule is N#Cc1c(NC(=O)O)sc2c(F)ccc(-c3c(Cl)cc4c(N5CCCOC6CC65)nc(OC[C@@]56CCCN5C[C@H](F)C6)nc4c3F)c12. The number of carboxylic acid groups (broad SMARTS) is 1. The van der Waals surface area contributed by atoms with E-state index in [0.717, 1.165) is 49.6 Å². The van der Waals surface area contributed by atoms with E-state index < -0.39 is 29.4 Å². The maximum atomic E-state index is 17.0. The monoisotopic (exact) mass is 684 g/mol. The molecule has 4 aromatic rings. The highest BCUT2D eigenvalue weighted by molar-refractivity contribution is 7.23. The van der Waals surface area contributed by atoms with Crippen molar-refractivity contribution in [3.8, 4) is 23.2 Å². The Balaban J connectivity index is 1.30. The molecule has 4 aliphatic rings. The van der Waals surface area contributed by atoms with E-state index in [1.54, 1.807) is 6.07 Å². The summed E-state index contributed by atoms with van der Waals surface area (Å²) in [5.74, 6) is -1.09. The van der Waals surface area contributed by atoms with Crippen LogP contribution >= 0.6 is 22.9 Å². The molecule has 1 amide bonds. The Morgan fingerprint density at radius 1 is 1.30 bits per heavy atom. The third kappa shape index (κ3) is 5.02. The largest absolute Gasteiger partial charge is 0.465 e. The predicted molar refractivity (Wildman–Crippen MR) is 170 cm³/mol. The van der Waals surface area contributed by atoms with Crippen LogP contribution in [0.25, 0.3) is 32.1 Å². The maximum Gasteiger partial charge on any atom is 0.409 e. The van der Waals surface area contributed by atoms with Crippen LogP contribution in [0.2, 0.25) is 5.02 Å². The molecule has 10 nitrogen and oxygen atoms in total. The molecule has 2 unspecified atom stereocenters. The molecule has 244 valence electrons. The number of ether oxygens (including phenoxy) is 2. The minimum Gasteiger partial charge on any atom is -0.465 e. The van der Waals surface area contributed by atoms with Crippen LogP contribution in [-0.2, 0) is 4.74 Å². The second-order valence-electron chi connectivity index (χ2n) is 12.5. The number of benzene rings is 2. The fourth-order valence-electron chi connectivity index (χ4n) is 7.57. The number of aromatic nitrogens is 2. The van der Waals surface area contributed by atoms with Crippen molar-refractivity contribution < 1.29 is 32.5 Å². The van der Waals surface area contributed by atoms with E-state index in [-0.39, 0.29) is 67.1 Å². The summed E-state index contributed by atoms with van der Waals surface area (Å²) in [5.41, 5.74) is -0.746. The number of anilines is 2. The van der Waals surface area contributed by atoms with Gasteiger partial charge in [-0.25, -0.2) is 18.0 Å². The third-order valence-corrected chi connectivity index (χ3v) is 11.1. The van der Waals surface area contributed by atoms with Crippen LogP contribution < -0.4 is 15.0 Å². The van der Waals surface area contributed by atoms with Gasteiger partial charge in [0, 0.05) is 42.5 Å². The molecule has 2 aromatic heterocycles. The Kier molecular flexibility index (Phi) is 7.36. The van der Waals surface area contributed by atoms with E-state index >= 15 is 8.78 Å². The summed E-state index contributed by atoms with van der Waals surface area (Å²) in [6.45, 7) is 2.47. The van der Waals surface area contributed by atoms with Crippen molar-refractivity contribution in [2.24, 2.45) is 0 Å². The minimum absolute atomic E-state index is 0.0249. The van der Waals surface area contributed by atoms with Crippen LogP contribution in [0, 0.1) is 23.0 Å². The molecule has 15 heteroatoms. The summed E-state index contributed by atoms with van der Waals surface area (Å²) in [5, 5.41) is 21.7. The first-order valence-corrected chi connectivity index (χ1v) is 16.6. The summed E-state index contributed by atoms with van der Waals surface area (Å²) in [4.78, 5) is 24.9. The van der Waals surface area contributed by atoms with Gasteiger partial charge in [-0.05, 0) is 49.9 Å². The highest BCUT2D eigenvalue weighted by Crippen LogP contribution is 2.48. The van der Waals surface area contributed by atoms with E-state index in [0.29, 0.717) is 37.3 Å². The number of hydrogen-bond donors (Lipinski definition) is 2. The number of alkyl halides is 1. The highest BCUT2D eigenvalue weighted by Gasteiger charge is 2.50. The lowest BCUT2D eigenvalue weighted by atomic mass is 9.95. The van der Waals surface area contributed by atoms with Gasteiger partial charge in [0.05, 0.1) is 33.0 Å². The Labute approximate surface area is 275 Å². The number of fused-ring (bicyclic) bond motifs is 4. The van der Waals surface area contributed by atoms with Crippen LogP contribution in [0.5, 0.6) is 6.01 Å². The molecule has 5 heterocycles. The molecule has 4 atom stereocenters. The summed E-state index contributed by atoms with van der Waals surface area (Å²) in [6.07, 6.45) is 1.21. The standard InChI is InChI=1S/C32H28ClF3N6O4S/c33-19-9-17-26(25(36)24(19)16-3-4-20(35)27-23(16)18(12-37)29(47-27)40-31(43)44)38-30(39-28(17)42-7-2-8-45-22-10-21(22)42)46-14-32-5-1-6-41(32)13-15(34)11-32/h3-4,9,15,21-22,40H,1-2,5-8,10-11,13-14H2,(H,43,44)/t15-,21?,22?,32+/m1/s1. The number of nitrogens with one attached hydrogen (secondary N) is 1. The number of thiophene rings is 1. The van der Waals surface area contributed by atoms with Crippen molar-refractivity contribution in [1.82, 2.24) is 14.9 Å². The molecule has 1 aliphatic carbocycles. The van der Waals surface area contributed by atoms with Crippen molar-refractivity contribution in [2.75, 3.05) is 43.1 Å². The maximum absolute atomic E-state index is 17.0. The second-order valence-corrected chi connectivity index (χ2v) is 14.0. The molecular formula is C32H28ClF3N6O4S. The van der Waals surface area contributed by atoms with Crippen LogP contribution in [0.15, 0.2) is 18.2 Å². The van der Waals surface area contributed by atoms with Crippen molar-refractivity contribution in [3.05, 3.63) is 40.4 Å². The van der Waals surface area contributed by atoms with Gasteiger partial charge in [0.1, 0.15) is 41.0 Å². The Morgan fingerprint density at radius 2 is 2.15 bits per heavy atom. The number of nitriles is 1. The highest BCUT2D eigenvalue weighted by atomic mass is 35.5. The molecule has 0 radical (unpaired) electrons. The molecule has 0 spiro atoms. The van der Waals surface area contributed by atoms with E-state index in [4.69, 9.17) is 26.1 Å². The van der Waals surface area contributed by atoms with Crippen LogP contribution in [0.3, 0.4) is 0 Å². The smallest absolute Gasteiger partial charge is 0.409 e. The van der Waals surface area contributed by atoms with Gasteiger partial charge in [-0.2, -0.15) is 15.2 Å². The normalized spacial score (nSPS) is 25.4. The van der Waals surface area contributed by atoms with Crippen LogP contribution in [0.1, 0.15) is 37.7 Å². The van der Waals surface area contributed by atoms with Gasteiger partial charge in [0.2, 0.25) is 0 Å². The fourth-order valence-corrected chi connectivity index (χ4v) is 8.94. The zero-order valence-corrected chi connectivity index (χ0v) is 26.4. The molecule has 4 fully saturated rings. The van der Waals surface area contributed by atoms with Gasteiger partial charge >= 0.3 is 12.1 Å². The Hall–Kier alpha value is -3.90.